The van der Waals surface area contributed by atoms with Crippen molar-refractivity contribution in [2.24, 2.45) is 5.92 Å². The van der Waals surface area contributed by atoms with Crippen LogP contribution in [0.3, 0.4) is 0 Å². The molecule has 5 amide bonds. The van der Waals surface area contributed by atoms with Crippen molar-refractivity contribution in [1.82, 2.24) is 14.7 Å². The van der Waals surface area contributed by atoms with Crippen molar-refractivity contribution in [2.45, 2.75) is 45.2 Å². The first-order valence-corrected chi connectivity index (χ1v) is 9.29. The average Bonchev–Trinajstić information content (AvgIpc) is 2.86. The Balaban J connectivity index is 1.65. The summed E-state index contributed by atoms with van der Waals surface area (Å²) in [5.41, 5.74) is 1.26. The summed E-state index contributed by atoms with van der Waals surface area (Å²) in [7, 11) is 3.13. The molecule has 1 heterocycles. The fraction of sp³-hybridized carbons (Fsp3) is 0.500. The summed E-state index contributed by atoms with van der Waals surface area (Å²) in [5.74, 6) is -0.945. The second-order valence-corrected chi connectivity index (χ2v) is 7.56. The van der Waals surface area contributed by atoms with Gasteiger partial charge in [-0.05, 0) is 49.3 Å². The van der Waals surface area contributed by atoms with Gasteiger partial charge in [-0.2, -0.15) is 0 Å². The number of benzene rings is 1. The summed E-state index contributed by atoms with van der Waals surface area (Å²) in [4.78, 5) is 51.6. The van der Waals surface area contributed by atoms with E-state index in [2.05, 4.69) is 6.92 Å². The zero-order chi connectivity index (χ0) is 19.7. The van der Waals surface area contributed by atoms with Gasteiger partial charge in [-0.3, -0.25) is 24.2 Å². The van der Waals surface area contributed by atoms with Gasteiger partial charge in [0.25, 0.3) is 5.91 Å². The van der Waals surface area contributed by atoms with Gasteiger partial charge in [-0.1, -0.05) is 19.1 Å². The molecule has 1 aliphatic heterocycles. The molecule has 2 aliphatic rings. The van der Waals surface area contributed by atoms with Gasteiger partial charge in [-0.25, -0.2) is 4.79 Å². The normalized spacial score (nSPS) is 23.1. The molecule has 3 rings (SSSR count). The number of urea groups is 1. The summed E-state index contributed by atoms with van der Waals surface area (Å²) in [6.07, 6.45) is 4.35. The second kappa shape index (κ2) is 7.50. The lowest BCUT2D eigenvalue weighted by atomic mass is 9.86. The van der Waals surface area contributed by atoms with E-state index in [-0.39, 0.29) is 18.5 Å². The Hall–Kier alpha value is -2.70. The SMILES string of the molecule is CC1CCC(N(C)C(=O)c2ccc(CN3C(=O)C(=O)N(C)C3=O)cc2)CC1. The molecule has 1 aromatic carbocycles. The van der Waals surface area contributed by atoms with Crippen LogP contribution in [0.15, 0.2) is 24.3 Å². The lowest BCUT2D eigenvalue weighted by Gasteiger charge is -2.33. The second-order valence-electron chi connectivity index (χ2n) is 7.56. The highest BCUT2D eigenvalue weighted by molar-refractivity contribution is 6.44. The zero-order valence-electron chi connectivity index (χ0n) is 16.0. The first kappa shape index (κ1) is 19.1. The van der Waals surface area contributed by atoms with Crippen LogP contribution in [-0.4, -0.2) is 58.6 Å². The monoisotopic (exact) mass is 371 g/mol. The first-order chi connectivity index (χ1) is 12.8. The van der Waals surface area contributed by atoms with E-state index in [0.717, 1.165) is 41.4 Å². The van der Waals surface area contributed by atoms with Crippen LogP contribution in [0.25, 0.3) is 0 Å². The average molecular weight is 371 g/mol. The molecule has 1 saturated heterocycles. The van der Waals surface area contributed by atoms with Gasteiger partial charge in [0.1, 0.15) is 0 Å². The Bertz CT molecular complexity index is 766. The van der Waals surface area contributed by atoms with Crippen molar-refractivity contribution in [3.05, 3.63) is 35.4 Å². The van der Waals surface area contributed by atoms with Crippen molar-refractivity contribution in [1.29, 1.82) is 0 Å². The predicted molar refractivity (Wildman–Crippen MR) is 98.7 cm³/mol. The summed E-state index contributed by atoms with van der Waals surface area (Å²) in [6.45, 7) is 2.26. The minimum absolute atomic E-state index is 0.0125. The van der Waals surface area contributed by atoms with E-state index < -0.39 is 17.8 Å². The highest BCUT2D eigenvalue weighted by atomic mass is 16.2. The third-order valence-corrected chi connectivity index (χ3v) is 5.65. The van der Waals surface area contributed by atoms with Gasteiger partial charge in [0.15, 0.2) is 0 Å². The number of imide groups is 2. The highest BCUT2D eigenvalue weighted by Gasteiger charge is 2.42. The molecule has 1 aromatic rings. The third-order valence-electron chi connectivity index (χ3n) is 5.65. The maximum atomic E-state index is 12.7. The van der Waals surface area contributed by atoms with Crippen LogP contribution in [0, 0.1) is 5.92 Å². The van der Waals surface area contributed by atoms with Gasteiger partial charge in [0.05, 0.1) is 6.54 Å². The lowest BCUT2D eigenvalue weighted by Crippen LogP contribution is -2.39. The molecule has 0 unspecified atom stereocenters. The van der Waals surface area contributed by atoms with Crippen molar-refractivity contribution >= 4 is 23.8 Å². The highest BCUT2D eigenvalue weighted by Crippen LogP contribution is 2.27. The zero-order valence-corrected chi connectivity index (χ0v) is 16.0. The van der Waals surface area contributed by atoms with E-state index >= 15 is 0 Å². The molecule has 0 N–H and O–H groups in total. The molecule has 1 aliphatic carbocycles. The first-order valence-electron chi connectivity index (χ1n) is 9.29. The molecule has 0 atom stereocenters. The molecule has 144 valence electrons. The van der Waals surface area contributed by atoms with Crippen LogP contribution in [0.1, 0.15) is 48.5 Å². The molecular weight excluding hydrogens is 346 g/mol. The van der Waals surface area contributed by atoms with Crippen molar-refractivity contribution < 1.29 is 19.2 Å². The molecule has 27 heavy (non-hydrogen) atoms. The topological polar surface area (TPSA) is 78.0 Å². The molecule has 1 saturated carbocycles. The van der Waals surface area contributed by atoms with Crippen LogP contribution < -0.4 is 0 Å². The van der Waals surface area contributed by atoms with Gasteiger partial charge in [0.2, 0.25) is 0 Å². The number of nitrogens with zero attached hydrogens (tertiary/aromatic N) is 3. The van der Waals surface area contributed by atoms with E-state index in [0.29, 0.717) is 11.1 Å². The number of hydrogen-bond acceptors (Lipinski definition) is 4. The minimum atomic E-state index is -0.825. The molecular formula is C20H25N3O4. The molecule has 7 heteroatoms. The van der Waals surface area contributed by atoms with Crippen LogP contribution in [0.4, 0.5) is 4.79 Å². The van der Waals surface area contributed by atoms with Crippen LogP contribution in [0.5, 0.6) is 0 Å². The van der Waals surface area contributed by atoms with Gasteiger partial charge >= 0.3 is 17.8 Å². The third kappa shape index (κ3) is 3.72. The minimum Gasteiger partial charge on any atom is -0.339 e. The molecule has 0 radical (unpaired) electrons. The molecule has 0 bridgehead atoms. The summed E-state index contributed by atoms with van der Waals surface area (Å²) in [6, 6.07) is 6.48. The van der Waals surface area contributed by atoms with Crippen molar-refractivity contribution in [2.75, 3.05) is 14.1 Å². The van der Waals surface area contributed by atoms with Crippen LogP contribution in [0.2, 0.25) is 0 Å². The van der Waals surface area contributed by atoms with Crippen molar-refractivity contribution in [3.8, 4) is 0 Å². The molecule has 0 spiro atoms. The van der Waals surface area contributed by atoms with E-state index in [4.69, 9.17) is 0 Å². The number of carbonyl (C=O) groups is 4. The molecule has 7 nitrogen and oxygen atoms in total. The van der Waals surface area contributed by atoms with E-state index in [1.807, 2.05) is 11.9 Å². The number of carbonyl (C=O) groups excluding carboxylic acids is 4. The van der Waals surface area contributed by atoms with E-state index in [1.54, 1.807) is 24.3 Å². The Morgan fingerprint density at radius 1 is 1.04 bits per heavy atom. The quantitative estimate of drug-likeness (QED) is 0.601. The van der Waals surface area contributed by atoms with E-state index in [9.17, 15) is 19.2 Å². The Morgan fingerprint density at radius 2 is 1.63 bits per heavy atom. The molecule has 2 fully saturated rings. The predicted octanol–water partition coefficient (Wildman–Crippen LogP) is 2.26. The Morgan fingerprint density at radius 3 is 2.15 bits per heavy atom. The summed E-state index contributed by atoms with van der Waals surface area (Å²) in [5, 5.41) is 0. The van der Waals surface area contributed by atoms with Gasteiger partial charge in [-0.15, -0.1) is 0 Å². The lowest BCUT2D eigenvalue weighted by molar-refractivity contribution is -0.143. The fourth-order valence-corrected chi connectivity index (χ4v) is 3.69. The van der Waals surface area contributed by atoms with Crippen LogP contribution in [-0.2, 0) is 16.1 Å². The number of rotatable bonds is 4. The molecule has 0 aromatic heterocycles. The number of amides is 5. The standard InChI is InChI=1S/C20H25N3O4/c1-13-4-10-16(11-5-13)21(2)17(24)15-8-6-14(7-9-15)12-23-19(26)18(25)22(3)20(23)27/h6-9,13,16H,4-5,10-12H2,1-3H3. The maximum Gasteiger partial charge on any atom is 0.334 e. The fourth-order valence-electron chi connectivity index (χ4n) is 3.69. The smallest absolute Gasteiger partial charge is 0.334 e. The van der Waals surface area contributed by atoms with E-state index in [1.165, 1.54) is 7.05 Å². The Kier molecular flexibility index (Phi) is 5.30. The van der Waals surface area contributed by atoms with Crippen LogP contribution >= 0.6 is 0 Å². The van der Waals surface area contributed by atoms with Gasteiger partial charge in [0, 0.05) is 25.7 Å². The maximum absolute atomic E-state index is 12.7. The number of likely N-dealkylation sites (N-methyl/N-ethyl adjacent to an activating group) is 1. The van der Waals surface area contributed by atoms with Crippen molar-refractivity contribution in [3.63, 3.8) is 0 Å². The summed E-state index contributed by atoms with van der Waals surface area (Å²) < 4.78 is 0. The number of hydrogen-bond donors (Lipinski definition) is 0. The summed E-state index contributed by atoms with van der Waals surface area (Å²) >= 11 is 0. The Labute approximate surface area is 158 Å². The van der Waals surface area contributed by atoms with Gasteiger partial charge < -0.3 is 4.90 Å². The largest absolute Gasteiger partial charge is 0.339 e.